The summed E-state index contributed by atoms with van der Waals surface area (Å²) in [5.41, 5.74) is 2.38. The van der Waals surface area contributed by atoms with E-state index in [-0.39, 0.29) is 29.8 Å². The van der Waals surface area contributed by atoms with Gasteiger partial charge in [0.05, 0.1) is 33.0 Å². The zero-order valence-electron chi connectivity index (χ0n) is 19.2. The Kier molecular flexibility index (Phi) is 12.3. The van der Waals surface area contributed by atoms with E-state index in [1.54, 1.807) is 20.1 Å². The molecule has 1 heterocycles. The topological polar surface area (TPSA) is 73.3 Å². The van der Waals surface area contributed by atoms with E-state index in [4.69, 9.17) is 18.9 Å². The third-order valence-electron chi connectivity index (χ3n) is 4.84. The minimum absolute atomic E-state index is 0. The number of anilines is 1. The molecular weight excluding hydrogens is 540 g/mol. The first kappa shape index (κ1) is 27.1. The molecule has 0 unspecified atom stereocenters. The Labute approximate surface area is 212 Å². The normalized spacial score (nSPS) is 13.1. The van der Waals surface area contributed by atoms with Crippen LogP contribution in [0.1, 0.15) is 24.0 Å². The van der Waals surface area contributed by atoms with Gasteiger partial charge < -0.3 is 29.6 Å². The number of methoxy groups -OCH3 is 1. The Balaban J connectivity index is 0.00000385. The van der Waals surface area contributed by atoms with E-state index < -0.39 is 0 Å². The van der Waals surface area contributed by atoms with Crippen molar-refractivity contribution in [1.29, 1.82) is 0 Å². The lowest BCUT2D eigenvalue weighted by Crippen LogP contribution is -2.32. The van der Waals surface area contributed by atoms with Crippen LogP contribution in [0.5, 0.6) is 11.5 Å². The van der Waals surface area contributed by atoms with Gasteiger partial charge in [-0.25, -0.2) is 9.38 Å². The zero-order chi connectivity index (χ0) is 22.6. The minimum Gasteiger partial charge on any atom is -0.490 e. The number of rotatable bonds is 10. The van der Waals surface area contributed by atoms with Crippen LogP contribution in [-0.4, -0.2) is 52.6 Å². The van der Waals surface area contributed by atoms with Crippen LogP contribution in [0, 0.1) is 12.7 Å². The van der Waals surface area contributed by atoms with Gasteiger partial charge >= 0.3 is 0 Å². The highest BCUT2D eigenvalue weighted by Crippen LogP contribution is 2.32. The quantitative estimate of drug-likeness (QED) is 0.189. The standard InChI is InChI=1S/C24H32FN3O4.HI/c1-18-15-19(5-7-21(18)25)17-27-24(26-9-3-10-30-14-13-29-2)28-20-6-8-22-23(16-20)32-12-4-11-31-22;/h5-8,15-16H,3-4,9-14,17H2,1-2H3,(H2,26,27,28);1H. The summed E-state index contributed by atoms with van der Waals surface area (Å²) in [7, 11) is 1.65. The average molecular weight is 573 g/mol. The van der Waals surface area contributed by atoms with Gasteiger partial charge in [0.15, 0.2) is 17.5 Å². The molecule has 0 atom stereocenters. The van der Waals surface area contributed by atoms with Crippen molar-refractivity contribution in [2.75, 3.05) is 52.0 Å². The van der Waals surface area contributed by atoms with Crippen molar-refractivity contribution in [3.8, 4) is 11.5 Å². The van der Waals surface area contributed by atoms with E-state index in [1.807, 2.05) is 24.3 Å². The van der Waals surface area contributed by atoms with Crippen molar-refractivity contribution < 1.29 is 23.3 Å². The smallest absolute Gasteiger partial charge is 0.196 e. The van der Waals surface area contributed by atoms with Crippen molar-refractivity contribution in [3.63, 3.8) is 0 Å². The van der Waals surface area contributed by atoms with Gasteiger partial charge in [0.1, 0.15) is 5.82 Å². The molecule has 0 saturated heterocycles. The van der Waals surface area contributed by atoms with Gasteiger partial charge in [0.2, 0.25) is 0 Å². The Morgan fingerprint density at radius 2 is 1.88 bits per heavy atom. The fourth-order valence-electron chi connectivity index (χ4n) is 3.12. The molecule has 1 aliphatic heterocycles. The van der Waals surface area contributed by atoms with Crippen molar-refractivity contribution in [2.24, 2.45) is 4.99 Å². The van der Waals surface area contributed by atoms with Crippen LogP contribution >= 0.6 is 24.0 Å². The molecule has 0 bridgehead atoms. The van der Waals surface area contributed by atoms with E-state index in [0.29, 0.717) is 63.4 Å². The summed E-state index contributed by atoms with van der Waals surface area (Å²) in [4.78, 5) is 4.68. The van der Waals surface area contributed by atoms with Crippen LogP contribution in [-0.2, 0) is 16.0 Å². The number of guanidine groups is 1. The number of hydrogen-bond donors (Lipinski definition) is 2. The van der Waals surface area contributed by atoms with Crippen LogP contribution in [0.2, 0.25) is 0 Å². The van der Waals surface area contributed by atoms with Crippen molar-refractivity contribution in [3.05, 3.63) is 53.3 Å². The minimum atomic E-state index is -0.213. The number of halogens is 2. The molecule has 2 aromatic rings. The monoisotopic (exact) mass is 573 g/mol. The molecule has 3 rings (SSSR count). The summed E-state index contributed by atoms with van der Waals surface area (Å²) >= 11 is 0. The Bertz CT molecular complexity index is 898. The molecule has 0 aliphatic carbocycles. The summed E-state index contributed by atoms with van der Waals surface area (Å²) in [6.45, 7) is 5.93. The predicted molar refractivity (Wildman–Crippen MR) is 139 cm³/mol. The van der Waals surface area contributed by atoms with Crippen molar-refractivity contribution in [2.45, 2.75) is 26.3 Å². The molecule has 9 heteroatoms. The second kappa shape index (κ2) is 14.9. The Morgan fingerprint density at radius 1 is 1.06 bits per heavy atom. The molecular formula is C24H33FIN3O4. The summed E-state index contributed by atoms with van der Waals surface area (Å²) < 4.78 is 35.5. The second-order valence-corrected chi connectivity index (χ2v) is 7.47. The number of nitrogens with one attached hydrogen (secondary N) is 2. The lowest BCUT2D eigenvalue weighted by atomic mass is 10.1. The fraction of sp³-hybridized carbons (Fsp3) is 0.458. The van der Waals surface area contributed by atoms with Gasteiger partial charge in [-0.1, -0.05) is 12.1 Å². The maximum absolute atomic E-state index is 13.6. The van der Waals surface area contributed by atoms with Crippen LogP contribution in [0.15, 0.2) is 41.4 Å². The number of aliphatic imine (C=N–C) groups is 1. The molecule has 0 aromatic heterocycles. The lowest BCUT2D eigenvalue weighted by molar-refractivity contribution is 0.0699. The highest BCUT2D eigenvalue weighted by molar-refractivity contribution is 14.0. The molecule has 0 fully saturated rings. The summed E-state index contributed by atoms with van der Waals surface area (Å²) in [5.74, 6) is 1.87. The molecule has 7 nitrogen and oxygen atoms in total. The zero-order valence-corrected chi connectivity index (χ0v) is 21.5. The van der Waals surface area contributed by atoms with E-state index in [1.165, 1.54) is 6.07 Å². The summed E-state index contributed by atoms with van der Waals surface area (Å²) in [5, 5.41) is 6.65. The molecule has 1 aliphatic rings. The third kappa shape index (κ3) is 9.34. The first-order chi connectivity index (χ1) is 15.7. The number of ether oxygens (including phenoxy) is 4. The van der Waals surface area contributed by atoms with E-state index in [9.17, 15) is 4.39 Å². The first-order valence-electron chi connectivity index (χ1n) is 10.9. The Hall–Kier alpha value is -2.11. The van der Waals surface area contributed by atoms with Gasteiger partial charge in [0, 0.05) is 38.4 Å². The molecule has 2 aromatic carbocycles. The molecule has 0 amide bonds. The highest BCUT2D eigenvalue weighted by Gasteiger charge is 2.11. The number of nitrogens with zero attached hydrogens (tertiary/aromatic N) is 1. The van der Waals surface area contributed by atoms with Crippen LogP contribution < -0.4 is 20.1 Å². The van der Waals surface area contributed by atoms with Gasteiger partial charge in [-0.3, -0.25) is 0 Å². The van der Waals surface area contributed by atoms with E-state index in [2.05, 4.69) is 15.6 Å². The second-order valence-electron chi connectivity index (χ2n) is 7.47. The maximum Gasteiger partial charge on any atom is 0.196 e. The van der Waals surface area contributed by atoms with E-state index in [0.717, 1.165) is 29.8 Å². The molecule has 182 valence electrons. The van der Waals surface area contributed by atoms with Crippen molar-refractivity contribution >= 4 is 35.6 Å². The van der Waals surface area contributed by atoms with Gasteiger partial charge in [-0.05, 0) is 42.7 Å². The maximum atomic E-state index is 13.6. The van der Waals surface area contributed by atoms with Crippen LogP contribution in [0.4, 0.5) is 10.1 Å². The fourth-order valence-corrected chi connectivity index (χ4v) is 3.12. The average Bonchev–Trinajstić information content (AvgIpc) is 3.04. The summed E-state index contributed by atoms with van der Waals surface area (Å²) in [6.07, 6.45) is 1.68. The number of fused-ring (bicyclic) bond motifs is 1. The predicted octanol–water partition coefficient (Wildman–Crippen LogP) is 4.52. The summed E-state index contributed by atoms with van der Waals surface area (Å²) in [6, 6.07) is 10.8. The molecule has 0 radical (unpaired) electrons. The number of aryl methyl sites for hydroxylation is 1. The van der Waals surface area contributed by atoms with E-state index >= 15 is 0 Å². The van der Waals surface area contributed by atoms with Crippen molar-refractivity contribution in [1.82, 2.24) is 5.32 Å². The molecule has 0 saturated carbocycles. The molecule has 0 spiro atoms. The van der Waals surface area contributed by atoms with Gasteiger partial charge in [-0.2, -0.15) is 0 Å². The largest absolute Gasteiger partial charge is 0.490 e. The Morgan fingerprint density at radius 3 is 2.67 bits per heavy atom. The molecule has 2 N–H and O–H groups in total. The number of hydrogen-bond acceptors (Lipinski definition) is 5. The van der Waals surface area contributed by atoms with Crippen LogP contribution in [0.25, 0.3) is 0 Å². The van der Waals surface area contributed by atoms with Crippen LogP contribution in [0.3, 0.4) is 0 Å². The first-order valence-corrected chi connectivity index (χ1v) is 10.9. The number of benzene rings is 2. The highest BCUT2D eigenvalue weighted by atomic mass is 127. The van der Waals surface area contributed by atoms with Gasteiger partial charge in [-0.15, -0.1) is 24.0 Å². The third-order valence-corrected chi connectivity index (χ3v) is 4.84. The lowest BCUT2D eigenvalue weighted by Gasteiger charge is -2.15. The SMILES string of the molecule is COCCOCCCNC(=NCc1ccc(F)c(C)c1)Nc1ccc2c(c1)OCCCO2.I. The molecule has 33 heavy (non-hydrogen) atoms. The van der Waals surface area contributed by atoms with Gasteiger partial charge in [0.25, 0.3) is 0 Å².